The first kappa shape index (κ1) is 55.4. The van der Waals surface area contributed by atoms with Gasteiger partial charge in [-0.15, -0.1) is 23.1 Å². The van der Waals surface area contributed by atoms with Gasteiger partial charge >= 0.3 is 11.9 Å². The van der Waals surface area contributed by atoms with Crippen LogP contribution in [0, 0.1) is 0 Å². The van der Waals surface area contributed by atoms with Gasteiger partial charge < -0.3 is 29.7 Å². The van der Waals surface area contributed by atoms with Crippen LogP contribution in [-0.4, -0.2) is 63.6 Å². The first-order valence-electron chi connectivity index (χ1n) is 27.5. The number of rotatable bonds is 19. The number of aromatic nitrogens is 1. The van der Waals surface area contributed by atoms with E-state index in [-0.39, 0.29) is 39.9 Å². The lowest BCUT2D eigenvalue weighted by molar-refractivity contribution is -0.154. The van der Waals surface area contributed by atoms with Gasteiger partial charge in [0.15, 0.2) is 28.5 Å². The number of hydrogen-bond acceptors (Lipinski definition) is 13. The molecule has 13 nitrogen and oxygen atoms in total. The summed E-state index contributed by atoms with van der Waals surface area (Å²) in [5.41, 5.74) is 4.47. The highest BCUT2D eigenvalue weighted by Crippen LogP contribution is 2.45. The summed E-state index contributed by atoms with van der Waals surface area (Å²) in [5.74, 6) is -2.38. The summed E-state index contributed by atoms with van der Waals surface area (Å²) in [6.07, 6.45) is 0.657. The summed E-state index contributed by atoms with van der Waals surface area (Å²) < 4.78 is 17.7. The molecule has 0 radical (unpaired) electrons. The minimum atomic E-state index is -1.41. The van der Waals surface area contributed by atoms with Crippen LogP contribution >= 0.6 is 23.1 Å². The van der Waals surface area contributed by atoms with E-state index < -0.39 is 52.4 Å². The number of cyclic esters (lactones) is 1. The highest BCUT2D eigenvalue weighted by molar-refractivity contribution is 8.00. The number of thiazole rings is 1. The van der Waals surface area contributed by atoms with Crippen molar-refractivity contribution in [3.05, 3.63) is 333 Å². The lowest BCUT2D eigenvalue weighted by Crippen LogP contribution is -2.71. The molecule has 0 saturated carbocycles. The van der Waals surface area contributed by atoms with Crippen molar-refractivity contribution in [3.8, 4) is 0 Å². The third-order valence-corrected chi connectivity index (χ3v) is 17.2. The van der Waals surface area contributed by atoms with Gasteiger partial charge in [-0.25, -0.2) is 14.6 Å². The zero-order valence-corrected chi connectivity index (χ0v) is 47.7. The summed E-state index contributed by atoms with van der Waals surface area (Å²) in [5, 5.41) is 13.1. The molecule has 0 bridgehead atoms. The lowest BCUT2D eigenvalue weighted by atomic mass is 9.77. The predicted molar refractivity (Wildman–Crippen MR) is 329 cm³/mol. The van der Waals surface area contributed by atoms with E-state index in [9.17, 15) is 4.79 Å². The number of esters is 2. The quantitative estimate of drug-likeness (QED) is 0.0261. The zero-order valence-electron chi connectivity index (χ0n) is 46.1. The second-order valence-corrected chi connectivity index (χ2v) is 22.2. The average molecular weight is 1160 g/mol. The maximum Gasteiger partial charge on any atom is 0.356 e. The van der Waals surface area contributed by atoms with Gasteiger partial charge in [0.05, 0.1) is 12.7 Å². The van der Waals surface area contributed by atoms with Gasteiger partial charge in [0, 0.05) is 27.8 Å². The number of nitrogens with one attached hydrogen (secondary N) is 2. The fraction of sp³-hybridized carbons (Fsp3) is 0.114. The minimum absolute atomic E-state index is 0.0777. The summed E-state index contributed by atoms with van der Waals surface area (Å²) in [4.78, 5) is 72.2. The van der Waals surface area contributed by atoms with Crippen molar-refractivity contribution in [1.29, 1.82) is 0 Å². The van der Waals surface area contributed by atoms with Gasteiger partial charge in [-0.05, 0) is 46.4 Å². The molecule has 3 aliphatic rings. The van der Waals surface area contributed by atoms with Crippen LogP contribution in [0.4, 0.5) is 5.13 Å². The SMILES string of the molecule is COC1=C(C)C(=O)O/C1=C\C1=C(C(=O)OC(c2ccccc2)c2ccccc2)N2C(=O)[C@@H](NC(=O)/C(=N\OC(c3ccccc3)(c3ccccc3)c3ccccc3)c3csc(NC(c4ccccc4)(c4ccccc4)c4ccccc4)n3)[C@@H]2SC1. The van der Waals surface area contributed by atoms with Gasteiger partial charge in [0.25, 0.3) is 11.8 Å². The predicted octanol–water partition coefficient (Wildman–Crippen LogP) is 12.6. The van der Waals surface area contributed by atoms with Crippen LogP contribution in [-0.2, 0) is 49.4 Å². The molecule has 1 aromatic heterocycles. The maximum absolute atomic E-state index is 15.6. The van der Waals surface area contributed by atoms with Crippen LogP contribution in [0.3, 0.4) is 0 Å². The van der Waals surface area contributed by atoms with Gasteiger partial charge in [-0.1, -0.05) is 248 Å². The Morgan fingerprint density at radius 2 is 1.11 bits per heavy atom. The van der Waals surface area contributed by atoms with Crippen molar-refractivity contribution in [2.75, 3.05) is 18.2 Å². The van der Waals surface area contributed by atoms with Crippen LogP contribution in [0.2, 0.25) is 0 Å². The number of β-lactam (4-membered cyclic amide) rings is 1. The number of ether oxygens (including phenoxy) is 3. The third kappa shape index (κ3) is 10.7. The Kier molecular flexibility index (Phi) is 15.9. The fourth-order valence-corrected chi connectivity index (χ4v) is 13.1. The van der Waals surface area contributed by atoms with Crippen LogP contribution in [0.15, 0.2) is 288 Å². The topological polar surface area (TPSA) is 158 Å². The normalized spacial score (nSPS) is 16.6. The maximum atomic E-state index is 15.6. The highest BCUT2D eigenvalue weighted by Gasteiger charge is 2.55. The van der Waals surface area contributed by atoms with Crippen molar-refractivity contribution in [1.82, 2.24) is 15.2 Å². The van der Waals surface area contributed by atoms with Crippen LogP contribution in [0.1, 0.15) is 63.2 Å². The molecule has 4 heterocycles. The first-order valence-corrected chi connectivity index (χ1v) is 29.4. The first-order chi connectivity index (χ1) is 41.7. The molecule has 2 N–H and O–H groups in total. The van der Waals surface area contributed by atoms with Crippen LogP contribution < -0.4 is 10.6 Å². The molecule has 0 unspecified atom stereocenters. The van der Waals surface area contributed by atoms with E-state index in [0.717, 1.165) is 33.4 Å². The van der Waals surface area contributed by atoms with Crippen molar-refractivity contribution in [2.24, 2.45) is 5.16 Å². The third-order valence-electron chi connectivity index (χ3n) is 15.2. The number of methoxy groups -OCH3 is 1. The average Bonchev–Trinajstić information content (AvgIpc) is 2.63. The molecule has 3 aliphatic heterocycles. The molecule has 8 aromatic carbocycles. The van der Waals surface area contributed by atoms with Gasteiger partial charge in [-0.2, -0.15) is 0 Å². The Hall–Kier alpha value is -10.1. The number of carbonyl (C=O) groups is 4. The largest absolute Gasteiger partial charge is 0.492 e. The minimum Gasteiger partial charge on any atom is -0.492 e. The Morgan fingerprint density at radius 3 is 1.56 bits per heavy atom. The Morgan fingerprint density at radius 1 is 0.659 bits per heavy atom. The molecule has 15 heteroatoms. The molecule has 2 amide bonds. The van der Waals surface area contributed by atoms with E-state index >= 15 is 14.4 Å². The highest BCUT2D eigenvalue weighted by atomic mass is 32.2. The van der Waals surface area contributed by atoms with Gasteiger partial charge in [0.2, 0.25) is 5.60 Å². The molecule has 1 fully saturated rings. The lowest BCUT2D eigenvalue weighted by Gasteiger charge is -2.49. The van der Waals surface area contributed by atoms with Gasteiger partial charge in [0.1, 0.15) is 28.3 Å². The smallest absolute Gasteiger partial charge is 0.356 e. The molecule has 85 heavy (non-hydrogen) atoms. The summed E-state index contributed by atoms with van der Waals surface area (Å²) in [7, 11) is 1.42. The van der Waals surface area contributed by atoms with Crippen LogP contribution in [0.5, 0.6) is 0 Å². The van der Waals surface area contributed by atoms with E-state index in [2.05, 4.69) is 47.0 Å². The number of amides is 2. The van der Waals surface area contributed by atoms with Crippen molar-refractivity contribution >= 4 is 57.7 Å². The standard InChI is InChI=1S/C70H55N5O8S2/c1-46-61(80-2)57(81-66(46)78)43-49-44-84-65-59(64(77)75(65)60(49)67(79)82-62(47-27-11-3-12-28-47)48-29-13-4-14-30-48)72-63(76)58(74-83-70(53-37-21-8-22-38-53,54-39-23-9-24-40-54)55-41-25-10-26-42-55)56-45-85-68(71-56)73-69(50-31-15-5-16-32-50,51-33-17-6-18-34-51)52-35-19-7-20-36-52/h3-43,45,59,62,65H,44H2,1-2H3,(H,71,73)(H,72,76)/b57-43-,74-58-/t59-,65+/m1/s1. The number of hydrogen-bond donors (Lipinski definition) is 2. The molecular weight excluding hydrogens is 1100 g/mol. The van der Waals surface area contributed by atoms with E-state index in [1.54, 1.807) is 12.3 Å². The van der Waals surface area contributed by atoms with Crippen molar-refractivity contribution in [2.45, 2.75) is 35.6 Å². The second-order valence-electron chi connectivity index (χ2n) is 20.2. The summed E-state index contributed by atoms with van der Waals surface area (Å²) in [6.45, 7) is 1.58. The summed E-state index contributed by atoms with van der Waals surface area (Å²) in [6, 6.07) is 76.7. The number of benzene rings is 8. The Labute approximate surface area is 500 Å². The Bertz CT molecular complexity index is 3790. The zero-order chi connectivity index (χ0) is 58.3. The van der Waals surface area contributed by atoms with Crippen molar-refractivity contribution < 1.29 is 38.2 Å². The number of anilines is 1. The van der Waals surface area contributed by atoms with Crippen molar-refractivity contribution in [3.63, 3.8) is 0 Å². The molecule has 12 rings (SSSR count). The fourth-order valence-electron chi connectivity index (χ4n) is 11.1. The molecule has 9 aromatic rings. The molecule has 0 spiro atoms. The number of oxime groups is 1. The molecule has 1 saturated heterocycles. The number of allylic oxidation sites excluding steroid dienone is 1. The van der Waals surface area contributed by atoms with Gasteiger partial charge in [-0.3, -0.25) is 14.5 Å². The number of nitrogens with zero attached hydrogens (tertiary/aromatic N) is 3. The Balaban J connectivity index is 0.951. The number of thioether (sulfide) groups is 1. The number of fused-ring (bicyclic) bond motifs is 1. The summed E-state index contributed by atoms with van der Waals surface area (Å²) >= 11 is 2.59. The monoisotopic (exact) mass is 1160 g/mol. The second kappa shape index (κ2) is 24.4. The van der Waals surface area contributed by atoms with E-state index in [4.69, 9.17) is 29.2 Å². The number of carbonyl (C=O) groups excluding carboxylic acids is 4. The van der Waals surface area contributed by atoms with E-state index in [1.165, 1.54) is 41.2 Å². The van der Waals surface area contributed by atoms with E-state index in [1.807, 2.05) is 206 Å². The molecular formula is C70H55N5O8S2. The van der Waals surface area contributed by atoms with E-state index in [0.29, 0.717) is 21.8 Å². The molecule has 420 valence electrons. The molecule has 2 atom stereocenters. The van der Waals surface area contributed by atoms with Crippen LogP contribution in [0.25, 0.3) is 0 Å². The molecule has 0 aliphatic carbocycles.